The molecule has 0 saturated carbocycles. The van der Waals surface area contributed by atoms with Crippen LogP contribution in [0.4, 0.5) is 5.69 Å². The second-order valence-corrected chi connectivity index (χ2v) is 9.53. The Balaban J connectivity index is 1.59. The molecule has 33 heavy (non-hydrogen) atoms. The first-order chi connectivity index (χ1) is 15.8. The highest BCUT2D eigenvalue weighted by molar-refractivity contribution is 7.91. The third kappa shape index (κ3) is 3.20. The Kier molecular flexibility index (Phi) is 4.79. The number of likely N-dealkylation sites (N-methyl/N-ethyl adjacent to an activating group) is 1. The van der Waals surface area contributed by atoms with E-state index in [2.05, 4.69) is 5.32 Å². The van der Waals surface area contributed by atoms with Gasteiger partial charge in [-0.15, -0.1) is 0 Å². The van der Waals surface area contributed by atoms with Gasteiger partial charge in [0.25, 0.3) is 11.8 Å². The Morgan fingerprint density at radius 1 is 0.970 bits per heavy atom. The predicted octanol–water partition coefficient (Wildman–Crippen LogP) is 2.22. The van der Waals surface area contributed by atoms with E-state index in [1.807, 2.05) is 0 Å². The van der Waals surface area contributed by atoms with Gasteiger partial charge < -0.3 is 15.0 Å². The van der Waals surface area contributed by atoms with Gasteiger partial charge in [0.15, 0.2) is 11.9 Å². The normalized spacial score (nSPS) is 17.8. The number of fused-ring (bicyclic) bond motifs is 3. The highest BCUT2D eigenvalue weighted by Crippen LogP contribution is 2.37. The summed E-state index contributed by atoms with van der Waals surface area (Å²) in [5, 5.41) is 2.51. The molecule has 8 nitrogen and oxygen atoms in total. The van der Waals surface area contributed by atoms with Gasteiger partial charge in [0.1, 0.15) is 5.75 Å². The van der Waals surface area contributed by atoms with Gasteiger partial charge in [-0.1, -0.05) is 24.3 Å². The standard InChI is InChI=1S/C24H18N2O6S/c1-25-23(28)19-13-26(17-7-3-4-8-18(17)32-19)24(29)14-10-11-16-21(12-14)33(30,31)20-9-5-2-6-15(20)22(16)27/h2-12,19H,13H2,1H3,(H,25,28). The van der Waals surface area contributed by atoms with Crippen molar-refractivity contribution in [3.8, 4) is 5.75 Å². The topological polar surface area (TPSA) is 110 Å². The van der Waals surface area contributed by atoms with Crippen LogP contribution in [-0.4, -0.2) is 45.7 Å². The third-order valence-electron chi connectivity index (χ3n) is 5.74. The van der Waals surface area contributed by atoms with Crippen molar-refractivity contribution in [3.05, 3.63) is 83.4 Å². The number of benzene rings is 3. The minimum atomic E-state index is -3.99. The fraction of sp³-hybridized carbons (Fsp3) is 0.125. The summed E-state index contributed by atoms with van der Waals surface area (Å²) >= 11 is 0. The Bertz CT molecular complexity index is 1450. The van der Waals surface area contributed by atoms with Crippen molar-refractivity contribution < 1.29 is 27.5 Å². The first kappa shape index (κ1) is 20.9. The number of carbonyl (C=O) groups excluding carboxylic acids is 3. The minimum absolute atomic E-state index is 0.0239. The smallest absolute Gasteiger partial charge is 0.262 e. The van der Waals surface area contributed by atoms with E-state index >= 15 is 0 Å². The molecule has 3 aromatic carbocycles. The van der Waals surface area contributed by atoms with E-state index in [1.165, 1.54) is 42.3 Å². The maximum Gasteiger partial charge on any atom is 0.262 e. The van der Waals surface area contributed by atoms with Crippen molar-refractivity contribution in [1.82, 2.24) is 5.32 Å². The van der Waals surface area contributed by atoms with Gasteiger partial charge in [-0.05, 0) is 42.5 Å². The average Bonchev–Trinajstić information content (AvgIpc) is 2.85. The highest BCUT2D eigenvalue weighted by atomic mass is 32.2. The third-order valence-corrected chi connectivity index (χ3v) is 7.59. The van der Waals surface area contributed by atoms with E-state index in [4.69, 9.17) is 4.74 Å². The second-order valence-electron chi connectivity index (χ2n) is 7.64. The number of hydrogen-bond acceptors (Lipinski definition) is 6. The van der Waals surface area contributed by atoms with Crippen LogP contribution >= 0.6 is 0 Å². The summed E-state index contributed by atoms with van der Waals surface area (Å²) in [5.74, 6) is -0.951. The zero-order valence-corrected chi connectivity index (χ0v) is 18.3. The molecule has 0 aromatic heterocycles. The van der Waals surface area contributed by atoms with Crippen LogP contribution in [0.25, 0.3) is 0 Å². The van der Waals surface area contributed by atoms with E-state index in [0.29, 0.717) is 11.4 Å². The lowest BCUT2D eigenvalue weighted by molar-refractivity contribution is -0.127. The van der Waals surface area contributed by atoms with E-state index in [0.717, 1.165) is 0 Å². The maximum atomic E-state index is 13.5. The van der Waals surface area contributed by atoms with Crippen LogP contribution < -0.4 is 15.0 Å². The molecule has 5 rings (SSSR count). The molecule has 2 amide bonds. The predicted molar refractivity (Wildman–Crippen MR) is 118 cm³/mol. The molecule has 0 fully saturated rings. The number of ether oxygens (including phenoxy) is 1. The van der Waals surface area contributed by atoms with Crippen molar-refractivity contribution in [2.24, 2.45) is 0 Å². The molecule has 3 aromatic rings. The number of nitrogens with zero attached hydrogens (tertiary/aromatic N) is 1. The summed E-state index contributed by atoms with van der Waals surface area (Å²) in [7, 11) is -2.52. The van der Waals surface area contributed by atoms with Gasteiger partial charge in [-0.25, -0.2) is 8.42 Å². The van der Waals surface area contributed by atoms with Gasteiger partial charge in [0.05, 0.1) is 22.0 Å². The van der Waals surface area contributed by atoms with E-state index in [1.54, 1.807) is 36.4 Å². The fourth-order valence-electron chi connectivity index (χ4n) is 4.10. The van der Waals surface area contributed by atoms with Gasteiger partial charge in [-0.3, -0.25) is 14.4 Å². The Hall–Kier alpha value is -3.98. The summed E-state index contributed by atoms with van der Waals surface area (Å²) in [5.41, 5.74) is 0.678. The van der Waals surface area contributed by atoms with Crippen LogP contribution in [0.1, 0.15) is 26.3 Å². The summed E-state index contributed by atoms with van der Waals surface area (Å²) in [6, 6.07) is 16.8. The number of para-hydroxylation sites is 2. The quantitative estimate of drug-likeness (QED) is 0.489. The van der Waals surface area contributed by atoms with Crippen LogP contribution in [-0.2, 0) is 14.6 Å². The van der Waals surface area contributed by atoms with E-state index in [-0.39, 0.29) is 33.0 Å². The molecule has 0 saturated heterocycles. The molecule has 0 spiro atoms. The Morgan fingerprint density at radius 2 is 1.67 bits per heavy atom. The maximum absolute atomic E-state index is 13.5. The van der Waals surface area contributed by atoms with Crippen LogP contribution in [0.5, 0.6) is 5.75 Å². The molecule has 0 radical (unpaired) electrons. The molecule has 2 aliphatic heterocycles. The Morgan fingerprint density at radius 3 is 2.45 bits per heavy atom. The van der Waals surface area contributed by atoms with Crippen molar-refractivity contribution in [2.75, 3.05) is 18.5 Å². The van der Waals surface area contributed by atoms with Crippen molar-refractivity contribution in [2.45, 2.75) is 15.9 Å². The van der Waals surface area contributed by atoms with Gasteiger partial charge in [-0.2, -0.15) is 0 Å². The molecule has 2 aliphatic rings. The average molecular weight is 462 g/mol. The van der Waals surface area contributed by atoms with Crippen LogP contribution in [0.15, 0.2) is 76.5 Å². The van der Waals surface area contributed by atoms with Crippen molar-refractivity contribution >= 4 is 33.1 Å². The number of carbonyl (C=O) groups is 3. The number of anilines is 1. The van der Waals surface area contributed by atoms with Crippen LogP contribution in [0.2, 0.25) is 0 Å². The zero-order valence-electron chi connectivity index (χ0n) is 17.4. The zero-order chi connectivity index (χ0) is 23.3. The lowest BCUT2D eigenvalue weighted by Crippen LogP contribution is -2.50. The first-order valence-electron chi connectivity index (χ1n) is 10.1. The molecular formula is C24H18N2O6S. The molecule has 0 aliphatic carbocycles. The van der Waals surface area contributed by atoms with E-state index in [9.17, 15) is 22.8 Å². The molecule has 1 unspecified atom stereocenters. The van der Waals surface area contributed by atoms with Crippen molar-refractivity contribution in [3.63, 3.8) is 0 Å². The first-order valence-corrected chi connectivity index (χ1v) is 11.6. The summed E-state index contributed by atoms with van der Waals surface area (Å²) in [6.07, 6.45) is -0.927. The molecule has 9 heteroatoms. The summed E-state index contributed by atoms with van der Waals surface area (Å²) < 4.78 is 32.2. The monoisotopic (exact) mass is 462 g/mol. The second kappa shape index (κ2) is 7.56. The largest absolute Gasteiger partial charge is 0.477 e. The van der Waals surface area contributed by atoms with Gasteiger partial charge in [0.2, 0.25) is 9.84 Å². The molecular weight excluding hydrogens is 444 g/mol. The molecule has 1 atom stereocenters. The van der Waals surface area contributed by atoms with Gasteiger partial charge in [0, 0.05) is 23.7 Å². The van der Waals surface area contributed by atoms with Gasteiger partial charge >= 0.3 is 0 Å². The van der Waals surface area contributed by atoms with Crippen molar-refractivity contribution in [1.29, 1.82) is 0 Å². The lowest BCUT2D eigenvalue weighted by atomic mass is 10.0. The number of amides is 2. The summed E-state index contributed by atoms with van der Waals surface area (Å²) in [4.78, 5) is 39.7. The highest BCUT2D eigenvalue weighted by Gasteiger charge is 2.37. The number of sulfone groups is 1. The molecule has 1 N–H and O–H groups in total. The fourth-order valence-corrected chi connectivity index (χ4v) is 5.77. The lowest BCUT2D eigenvalue weighted by Gasteiger charge is -2.34. The minimum Gasteiger partial charge on any atom is -0.477 e. The van der Waals surface area contributed by atoms with E-state index < -0.39 is 33.5 Å². The molecule has 0 bridgehead atoms. The van der Waals surface area contributed by atoms with Crippen LogP contribution in [0.3, 0.4) is 0 Å². The molecule has 2 heterocycles. The summed E-state index contributed by atoms with van der Waals surface area (Å²) in [6.45, 7) is -0.0544. The molecule has 166 valence electrons. The van der Waals surface area contributed by atoms with Crippen LogP contribution in [0, 0.1) is 0 Å². The Labute approximate surface area is 189 Å². The SMILES string of the molecule is CNC(=O)C1CN(C(=O)c2ccc3c(c2)S(=O)(=O)c2ccccc2C3=O)c2ccccc2O1. The number of nitrogens with one attached hydrogen (secondary N) is 1. The number of hydrogen-bond donors (Lipinski definition) is 1. The number of rotatable bonds is 2. The number of ketones is 1.